The standard InChI is InChI=1S/C27H30N4O4/c1-30(2)31-20-11-17(16-9-7-6-8-10-16)12-21(32)26(20)25(19(15-28)27(31)29)18-13-23(34-4)24(35-5)14-22(18)33-3/h6-10,13-14,17,25H,11-12,29H2,1-5H3/t17-,25+/m1/s1. The number of ether oxygens (including phenoxy) is 3. The van der Waals surface area contributed by atoms with Gasteiger partial charge in [0.05, 0.1) is 38.9 Å². The first-order valence-electron chi connectivity index (χ1n) is 11.3. The van der Waals surface area contributed by atoms with Gasteiger partial charge >= 0.3 is 0 Å². The molecule has 2 aromatic carbocycles. The Hall–Kier alpha value is -3.96. The number of benzene rings is 2. The lowest BCUT2D eigenvalue weighted by Crippen LogP contribution is -2.46. The molecule has 2 aliphatic rings. The van der Waals surface area contributed by atoms with Gasteiger partial charge in [-0.1, -0.05) is 30.3 Å². The summed E-state index contributed by atoms with van der Waals surface area (Å²) in [5.74, 6) is 1.04. The highest BCUT2D eigenvalue weighted by molar-refractivity contribution is 6.00. The molecule has 182 valence electrons. The van der Waals surface area contributed by atoms with E-state index in [1.165, 1.54) is 0 Å². The number of nitrogens with two attached hydrogens (primary N) is 1. The predicted octanol–water partition coefficient (Wildman–Crippen LogP) is 3.68. The van der Waals surface area contributed by atoms with Crippen LogP contribution in [0.2, 0.25) is 0 Å². The van der Waals surface area contributed by atoms with Crippen LogP contribution in [0.1, 0.15) is 35.8 Å². The fourth-order valence-corrected chi connectivity index (χ4v) is 5.12. The lowest BCUT2D eigenvalue weighted by Gasteiger charge is -2.44. The molecule has 2 N–H and O–H groups in total. The highest BCUT2D eigenvalue weighted by atomic mass is 16.5. The number of nitriles is 1. The summed E-state index contributed by atoms with van der Waals surface area (Å²) in [5, 5.41) is 13.8. The van der Waals surface area contributed by atoms with Gasteiger partial charge in [0.1, 0.15) is 11.6 Å². The van der Waals surface area contributed by atoms with E-state index in [9.17, 15) is 10.1 Å². The molecule has 0 amide bonds. The van der Waals surface area contributed by atoms with Gasteiger partial charge in [0, 0.05) is 43.4 Å². The normalized spacial score (nSPS) is 20.0. The van der Waals surface area contributed by atoms with Crippen molar-refractivity contribution in [2.45, 2.75) is 24.7 Å². The summed E-state index contributed by atoms with van der Waals surface area (Å²) in [5.41, 5.74) is 9.97. The summed E-state index contributed by atoms with van der Waals surface area (Å²) in [7, 11) is 8.32. The molecule has 0 saturated heterocycles. The summed E-state index contributed by atoms with van der Waals surface area (Å²) in [6.45, 7) is 0. The van der Waals surface area contributed by atoms with Crippen molar-refractivity contribution in [3.8, 4) is 23.3 Å². The van der Waals surface area contributed by atoms with Crippen LogP contribution in [0.5, 0.6) is 17.2 Å². The Morgan fingerprint density at radius 3 is 2.20 bits per heavy atom. The predicted molar refractivity (Wildman–Crippen MR) is 132 cm³/mol. The fourth-order valence-electron chi connectivity index (χ4n) is 5.12. The van der Waals surface area contributed by atoms with Crippen molar-refractivity contribution < 1.29 is 19.0 Å². The second-order valence-corrected chi connectivity index (χ2v) is 8.75. The van der Waals surface area contributed by atoms with Crippen LogP contribution in [-0.2, 0) is 4.79 Å². The minimum Gasteiger partial charge on any atom is -0.496 e. The number of carbonyl (C=O) groups is 1. The minimum atomic E-state index is -0.690. The third-order valence-electron chi connectivity index (χ3n) is 6.66. The molecule has 1 aliphatic carbocycles. The highest BCUT2D eigenvalue weighted by Gasteiger charge is 2.44. The molecular formula is C27H30N4O4. The Morgan fingerprint density at radius 1 is 1.00 bits per heavy atom. The molecule has 1 heterocycles. The van der Waals surface area contributed by atoms with Gasteiger partial charge in [-0.05, 0) is 24.0 Å². The molecule has 0 unspecified atom stereocenters. The topological polar surface area (TPSA) is 101 Å². The molecule has 0 radical (unpaired) electrons. The van der Waals surface area contributed by atoms with E-state index in [1.807, 2.05) is 49.4 Å². The summed E-state index contributed by atoms with van der Waals surface area (Å²) in [4.78, 5) is 13.8. The molecule has 0 fully saturated rings. The van der Waals surface area contributed by atoms with Crippen molar-refractivity contribution in [2.24, 2.45) is 5.73 Å². The molecule has 0 saturated carbocycles. The molecule has 1 aliphatic heterocycles. The third kappa shape index (κ3) is 4.08. The van der Waals surface area contributed by atoms with Crippen LogP contribution in [0.4, 0.5) is 0 Å². The largest absolute Gasteiger partial charge is 0.496 e. The fraction of sp³-hybridized carbons (Fsp3) is 0.333. The zero-order chi connectivity index (χ0) is 25.3. The van der Waals surface area contributed by atoms with E-state index in [-0.39, 0.29) is 17.3 Å². The van der Waals surface area contributed by atoms with E-state index in [4.69, 9.17) is 19.9 Å². The van der Waals surface area contributed by atoms with E-state index in [2.05, 4.69) is 6.07 Å². The number of hydrogen-bond acceptors (Lipinski definition) is 8. The second kappa shape index (κ2) is 9.72. The number of hydrazine groups is 1. The molecule has 0 bridgehead atoms. The Kier molecular flexibility index (Phi) is 6.72. The molecule has 35 heavy (non-hydrogen) atoms. The third-order valence-corrected chi connectivity index (χ3v) is 6.66. The average Bonchev–Trinajstić information content (AvgIpc) is 2.87. The zero-order valence-electron chi connectivity index (χ0n) is 20.7. The van der Waals surface area contributed by atoms with Crippen LogP contribution in [0.15, 0.2) is 65.1 Å². The van der Waals surface area contributed by atoms with Crippen LogP contribution in [0, 0.1) is 11.3 Å². The molecule has 8 nitrogen and oxygen atoms in total. The number of methoxy groups -OCH3 is 3. The number of nitrogens with zero attached hydrogens (tertiary/aromatic N) is 3. The maximum Gasteiger partial charge on any atom is 0.164 e. The van der Waals surface area contributed by atoms with Crippen molar-refractivity contribution in [3.63, 3.8) is 0 Å². The van der Waals surface area contributed by atoms with E-state index >= 15 is 0 Å². The first-order valence-corrected chi connectivity index (χ1v) is 11.3. The van der Waals surface area contributed by atoms with E-state index in [0.29, 0.717) is 47.0 Å². The van der Waals surface area contributed by atoms with Crippen molar-refractivity contribution in [3.05, 3.63) is 76.3 Å². The van der Waals surface area contributed by atoms with Gasteiger partial charge in [-0.3, -0.25) is 9.80 Å². The number of rotatable bonds is 6. The summed E-state index contributed by atoms with van der Waals surface area (Å²) >= 11 is 0. The maximum atomic E-state index is 13.8. The van der Waals surface area contributed by atoms with Crippen molar-refractivity contribution in [2.75, 3.05) is 35.4 Å². The summed E-state index contributed by atoms with van der Waals surface area (Å²) in [6, 6.07) is 15.8. The lowest BCUT2D eigenvalue weighted by molar-refractivity contribution is -0.117. The van der Waals surface area contributed by atoms with Gasteiger partial charge in [-0.25, -0.2) is 5.01 Å². The second-order valence-electron chi connectivity index (χ2n) is 8.75. The van der Waals surface area contributed by atoms with Crippen molar-refractivity contribution in [1.82, 2.24) is 10.0 Å². The quantitative estimate of drug-likeness (QED) is 0.677. The maximum absolute atomic E-state index is 13.8. The average molecular weight is 475 g/mol. The van der Waals surface area contributed by atoms with Crippen LogP contribution in [-0.4, -0.2) is 51.2 Å². The molecule has 2 aromatic rings. The van der Waals surface area contributed by atoms with Crippen LogP contribution in [0.3, 0.4) is 0 Å². The SMILES string of the molecule is COc1cc(OC)c([C@H]2C(C#N)=C(N)N(N(C)C)C3=C2C(=O)C[C@H](c2ccccc2)C3)cc1OC. The van der Waals surface area contributed by atoms with Crippen LogP contribution < -0.4 is 19.9 Å². The van der Waals surface area contributed by atoms with Crippen LogP contribution >= 0.6 is 0 Å². The van der Waals surface area contributed by atoms with E-state index in [1.54, 1.807) is 38.5 Å². The van der Waals surface area contributed by atoms with E-state index in [0.717, 1.165) is 11.3 Å². The van der Waals surface area contributed by atoms with Gasteiger partial charge in [-0.2, -0.15) is 5.26 Å². The molecular weight excluding hydrogens is 444 g/mol. The molecule has 0 spiro atoms. The van der Waals surface area contributed by atoms with Crippen LogP contribution in [0.25, 0.3) is 0 Å². The van der Waals surface area contributed by atoms with Gasteiger partial charge in [0.25, 0.3) is 0 Å². The number of hydrogen-bond donors (Lipinski definition) is 1. The van der Waals surface area contributed by atoms with Gasteiger partial charge in [-0.15, -0.1) is 0 Å². The Balaban J connectivity index is 1.96. The Morgan fingerprint density at radius 2 is 1.63 bits per heavy atom. The first-order chi connectivity index (χ1) is 16.9. The molecule has 2 atom stereocenters. The minimum absolute atomic E-state index is 0.00860. The molecule has 8 heteroatoms. The van der Waals surface area contributed by atoms with Gasteiger partial charge in [0.15, 0.2) is 17.3 Å². The first kappa shape index (κ1) is 24.2. The highest BCUT2D eigenvalue weighted by Crippen LogP contribution is 2.51. The molecule has 4 rings (SSSR count). The Bertz CT molecular complexity index is 1240. The zero-order valence-corrected chi connectivity index (χ0v) is 20.7. The van der Waals surface area contributed by atoms with Crippen molar-refractivity contribution in [1.29, 1.82) is 5.26 Å². The number of carbonyl (C=O) groups excluding carboxylic acids is 1. The number of ketones is 1. The summed E-state index contributed by atoms with van der Waals surface area (Å²) in [6.07, 6.45) is 0.948. The van der Waals surface area contributed by atoms with Crippen molar-refractivity contribution >= 4 is 5.78 Å². The number of allylic oxidation sites excluding steroid dienone is 3. The lowest BCUT2D eigenvalue weighted by atomic mass is 9.72. The summed E-state index contributed by atoms with van der Waals surface area (Å²) < 4.78 is 16.6. The smallest absolute Gasteiger partial charge is 0.164 e. The van der Waals surface area contributed by atoms with Gasteiger partial charge in [0.2, 0.25) is 0 Å². The Labute approximate surface area is 205 Å². The monoisotopic (exact) mass is 474 g/mol. The van der Waals surface area contributed by atoms with Gasteiger partial charge < -0.3 is 19.9 Å². The van der Waals surface area contributed by atoms with E-state index < -0.39 is 5.92 Å². The molecule has 0 aromatic heterocycles. The number of Topliss-reactive ketones (excluding diaryl/α,β-unsaturated/α-hetero) is 1.